The number of pyridine rings is 1. The van der Waals surface area contributed by atoms with Crippen molar-refractivity contribution in [2.24, 2.45) is 0 Å². The van der Waals surface area contributed by atoms with Crippen LogP contribution in [0.15, 0.2) is 30.5 Å². The Kier molecular flexibility index (Phi) is 2.81. The van der Waals surface area contributed by atoms with E-state index in [1.165, 1.54) is 27.4 Å². The van der Waals surface area contributed by atoms with Crippen molar-refractivity contribution in [2.45, 2.75) is 39.5 Å². The molecule has 0 atom stereocenters. The number of rotatable bonds is 2. The molecule has 98 valence electrons. The lowest BCUT2D eigenvalue weighted by Gasteiger charge is -2.06. The van der Waals surface area contributed by atoms with Crippen molar-refractivity contribution in [3.63, 3.8) is 0 Å². The lowest BCUT2D eigenvalue weighted by molar-refractivity contribution is 0.826. The summed E-state index contributed by atoms with van der Waals surface area (Å²) in [4.78, 5) is 8.14. The Labute approximate surface area is 113 Å². The van der Waals surface area contributed by atoms with Gasteiger partial charge in [-0.1, -0.05) is 39.8 Å². The normalized spacial score (nSPS) is 12.1. The van der Waals surface area contributed by atoms with Gasteiger partial charge in [0.1, 0.15) is 0 Å². The maximum atomic E-state index is 4.59. The minimum absolute atomic E-state index is 0.468. The predicted octanol–water partition coefficient (Wildman–Crippen LogP) is 4.96. The van der Waals surface area contributed by atoms with Crippen molar-refractivity contribution < 1.29 is 0 Å². The van der Waals surface area contributed by atoms with Gasteiger partial charge in [0.2, 0.25) is 0 Å². The zero-order valence-electron chi connectivity index (χ0n) is 12.0. The van der Waals surface area contributed by atoms with Gasteiger partial charge in [-0.3, -0.25) is 4.98 Å². The Bertz CT molecular complexity index is 735. The van der Waals surface area contributed by atoms with E-state index < -0.39 is 0 Å². The van der Waals surface area contributed by atoms with Gasteiger partial charge >= 0.3 is 0 Å². The second-order valence-electron chi connectivity index (χ2n) is 5.89. The number of aromatic nitrogens is 2. The molecule has 2 aromatic heterocycles. The average Bonchev–Trinajstić information content (AvgIpc) is 2.82. The molecule has 0 unspecified atom stereocenters. The van der Waals surface area contributed by atoms with Crippen LogP contribution in [-0.2, 0) is 0 Å². The van der Waals surface area contributed by atoms with E-state index >= 15 is 0 Å². The molecule has 0 saturated carbocycles. The second-order valence-corrected chi connectivity index (χ2v) is 5.89. The summed E-state index contributed by atoms with van der Waals surface area (Å²) in [6.45, 7) is 8.78. The zero-order chi connectivity index (χ0) is 13.6. The Hall–Kier alpha value is -1.83. The molecule has 19 heavy (non-hydrogen) atoms. The van der Waals surface area contributed by atoms with Crippen molar-refractivity contribution in [2.75, 3.05) is 0 Å². The number of benzene rings is 1. The Morgan fingerprint density at radius 1 is 0.947 bits per heavy atom. The standard InChI is InChI=1S/C17H20N2/c1-10(2)15-7-12-5-6-13-8-16(11(3)4)19-17(13)14(12)9-18-15/h5-11,19H,1-4H3. The molecule has 0 spiro atoms. The molecule has 0 aliphatic rings. The van der Waals surface area contributed by atoms with Gasteiger partial charge in [0.05, 0.1) is 5.52 Å². The van der Waals surface area contributed by atoms with Crippen LogP contribution in [0.1, 0.15) is 50.9 Å². The number of hydrogen-bond acceptors (Lipinski definition) is 1. The van der Waals surface area contributed by atoms with Crippen molar-refractivity contribution in [3.8, 4) is 0 Å². The van der Waals surface area contributed by atoms with Gasteiger partial charge in [0, 0.05) is 28.4 Å². The number of hydrogen-bond donors (Lipinski definition) is 1. The summed E-state index contributed by atoms with van der Waals surface area (Å²) in [6.07, 6.45) is 2.01. The summed E-state index contributed by atoms with van der Waals surface area (Å²) in [5, 5.41) is 3.76. The number of nitrogens with one attached hydrogen (secondary N) is 1. The fourth-order valence-corrected chi connectivity index (χ4v) is 2.49. The van der Waals surface area contributed by atoms with Gasteiger partial charge in [0.25, 0.3) is 0 Å². The van der Waals surface area contributed by atoms with Crippen LogP contribution < -0.4 is 0 Å². The molecule has 0 radical (unpaired) electrons. The van der Waals surface area contributed by atoms with Crippen molar-refractivity contribution >= 4 is 21.7 Å². The number of nitrogens with zero attached hydrogens (tertiary/aromatic N) is 1. The van der Waals surface area contributed by atoms with Crippen molar-refractivity contribution in [1.29, 1.82) is 0 Å². The quantitative estimate of drug-likeness (QED) is 0.686. The van der Waals surface area contributed by atoms with Crippen molar-refractivity contribution in [3.05, 3.63) is 41.9 Å². The second kappa shape index (κ2) is 4.37. The highest BCUT2D eigenvalue weighted by Crippen LogP contribution is 2.28. The van der Waals surface area contributed by atoms with Crippen LogP contribution >= 0.6 is 0 Å². The first kappa shape index (κ1) is 12.2. The number of aromatic amines is 1. The third kappa shape index (κ3) is 2.01. The highest BCUT2D eigenvalue weighted by atomic mass is 14.7. The number of H-pyrrole nitrogens is 1. The molecule has 2 heteroatoms. The Morgan fingerprint density at radius 2 is 1.68 bits per heavy atom. The summed E-state index contributed by atoms with van der Waals surface area (Å²) in [5.41, 5.74) is 3.65. The van der Waals surface area contributed by atoms with E-state index in [4.69, 9.17) is 0 Å². The molecule has 0 aliphatic carbocycles. The fraction of sp³-hybridized carbons (Fsp3) is 0.353. The van der Waals surface area contributed by atoms with Gasteiger partial charge in [0.15, 0.2) is 0 Å². The topological polar surface area (TPSA) is 28.7 Å². The van der Waals surface area contributed by atoms with Gasteiger partial charge in [-0.05, 0) is 29.4 Å². The van der Waals surface area contributed by atoms with E-state index in [9.17, 15) is 0 Å². The largest absolute Gasteiger partial charge is 0.358 e. The van der Waals surface area contributed by atoms with E-state index in [-0.39, 0.29) is 0 Å². The molecule has 2 heterocycles. The van der Waals surface area contributed by atoms with Gasteiger partial charge in [-0.25, -0.2) is 0 Å². The van der Waals surface area contributed by atoms with E-state index in [1.807, 2.05) is 6.20 Å². The van der Waals surface area contributed by atoms with Crippen LogP contribution in [0.25, 0.3) is 21.7 Å². The van der Waals surface area contributed by atoms with E-state index in [1.54, 1.807) is 0 Å². The smallest absolute Gasteiger partial charge is 0.0551 e. The van der Waals surface area contributed by atoms with Crippen LogP contribution in [0.4, 0.5) is 0 Å². The molecule has 3 rings (SSSR count). The minimum atomic E-state index is 0.468. The fourth-order valence-electron chi connectivity index (χ4n) is 2.49. The molecule has 0 saturated heterocycles. The first-order valence-electron chi connectivity index (χ1n) is 6.97. The predicted molar refractivity (Wildman–Crippen MR) is 81.8 cm³/mol. The first-order valence-corrected chi connectivity index (χ1v) is 6.97. The van der Waals surface area contributed by atoms with Crippen LogP contribution in [-0.4, -0.2) is 9.97 Å². The molecule has 0 bridgehead atoms. The van der Waals surface area contributed by atoms with E-state index in [2.05, 4.69) is 61.9 Å². The maximum Gasteiger partial charge on any atom is 0.0551 e. The average molecular weight is 252 g/mol. The summed E-state index contributed by atoms with van der Waals surface area (Å²) in [6, 6.07) is 8.85. The molecular weight excluding hydrogens is 232 g/mol. The third-order valence-corrected chi connectivity index (χ3v) is 3.75. The molecule has 0 aliphatic heterocycles. The summed E-state index contributed by atoms with van der Waals surface area (Å²) in [5.74, 6) is 0.986. The molecular formula is C17H20N2. The first-order chi connectivity index (χ1) is 9.06. The molecule has 2 nitrogen and oxygen atoms in total. The van der Waals surface area contributed by atoms with Gasteiger partial charge in [-0.2, -0.15) is 0 Å². The van der Waals surface area contributed by atoms with Crippen LogP contribution in [0, 0.1) is 0 Å². The summed E-state index contributed by atoms with van der Waals surface area (Å²) >= 11 is 0. The summed E-state index contributed by atoms with van der Waals surface area (Å²) < 4.78 is 0. The van der Waals surface area contributed by atoms with Crippen LogP contribution in [0.2, 0.25) is 0 Å². The van der Waals surface area contributed by atoms with Crippen LogP contribution in [0.5, 0.6) is 0 Å². The molecule has 0 amide bonds. The lowest BCUT2D eigenvalue weighted by atomic mass is 10.0. The minimum Gasteiger partial charge on any atom is -0.358 e. The van der Waals surface area contributed by atoms with E-state index in [0.717, 1.165) is 5.69 Å². The molecule has 1 aromatic carbocycles. The Morgan fingerprint density at radius 3 is 2.37 bits per heavy atom. The van der Waals surface area contributed by atoms with Crippen molar-refractivity contribution in [1.82, 2.24) is 9.97 Å². The van der Waals surface area contributed by atoms with Gasteiger partial charge < -0.3 is 4.98 Å². The highest BCUT2D eigenvalue weighted by Gasteiger charge is 2.09. The zero-order valence-corrected chi connectivity index (χ0v) is 12.0. The maximum absolute atomic E-state index is 4.59. The number of fused-ring (bicyclic) bond motifs is 3. The monoisotopic (exact) mass is 252 g/mol. The van der Waals surface area contributed by atoms with Crippen LogP contribution in [0.3, 0.4) is 0 Å². The molecule has 0 fully saturated rings. The SMILES string of the molecule is CC(C)c1cc2ccc3cc(C(C)C)[nH]c3c2cn1. The Balaban J connectivity index is 2.28. The highest BCUT2D eigenvalue weighted by molar-refractivity contribution is 6.05. The van der Waals surface area contributed by atoms with Gasteiger partial charge in [-0.15, -0.1) is 0 Å². The molecule has 3 aromatic rings. The third-order valence-electron chi connectivity index (χ3n) is 3.75. The van der Waals surface area contributed by atoms with E-state index in [0.29, 0.717) is 11.8 Å². The lowest BCUT2D eigenvalue weighted by Crippen LogP contribution is -1.92. The molecule has 1 N–H and O–H groups in total. The summed E-state index contributed by atoms with van der Waals surface area (Å²) in [7, 11) is 0.